The van der Waals surface area contributed by atoms with Gasteiger partial charge < -0.3 is 5.32 Å². The molecule has 1 rings (SSSR count). The number of hydrogen-bond donors (Lipinski definition) is 1. The summed E-state index contributed by atoms with van der Waals surface area (Å²) in [6.45, 7) is 14.2. The molecule has 2 heteroatoms. The van der Waals surface area contributed by atoms with Crippen LogP contribution in [0.25, 0.3) is 0 Å². The first kappa shape index (κ1) is 18.4. The third-order valence-corrected chi connectivity index (χ3v) is 6.07. The quantitative estimate of drug-likeness (QED) is 0.618. The molecule has 3 atom stereocenters. The minimum absolute atomic E-state index is 0.500. The summed E-state index contributed by atoms with van der Waals surface area (Å²) in [5.74, 6) is 5.46. The highest BCUT2D eigenvalue weighted by Crippen LogP contribution is 2.44. The van der Waals surface area contributed by atoms with Crippen molar-refractivity contribution in [3.63, 3.8) is 0 Å². The zero-order chi connectivity index (χ0) is 15.0. The number of hydrogen-bond acceptors (Lipinski definition) is 2. The Bertz CT molecular complexity index is 246. The summed E-state index contributed by atoms with van der Waals surface area (Å²) in [7, 11) is 0. The van der Waals surface area contributed by atoms with Gasteiger partial charge in [0, 0.05) is 0 Å². The van der Waals surface area contributed by atoms with Crippen LogP contribution in [0.1, 0.15) is 66.7 Å². The molecular weight excluding hydrogens is 262 g/mol. The van der Waals surface area contributed by atoms with Crippen LogP contribution in [-0.4, -0.2) is 24.6 Å². The predicted octanol–water partition coefficient (Wildman–Crippen LogP) is 5.21. The second-order valence-electron chi connectivity index (χ2n) is 7.54. The Morgan fingerprint density at radius 3 is 2.45 bits per heavy atom. The first-order chi connectivity index (χ1) is 9.49. The van der Waals surface area contributed by atoms with Crippen LogP contribution in [0.4, 0.5) is 0 Å². The van der Waals surface area contributed by atoms with Gasteiger partial charge in [0.2, 0.25) is 0 Å². The molecule has 0 aromatic heterocycles. The van der Waals surface area contributed by atoms with Crippen LogP contribution in [0.5, 0.6) is 0 Å². The number of nitrogens with one attached hydrogen (secondary N) is 1. The van der Waals surface area contributed by atoms with Crippen LogP contribution in [0, 0.1) is 23.2 Å². The van der Waals surface area contributed by atoms with Crippen molar-refractivity contribution in [1.29, 1.82) is 0 Å². The van der Waals surface area contributed by atoms with E-state index in [-0.39, 0.29) is 0 Å². The molecule has 0 radical (unpaired) electrons. The van der Waals surface area contributed by atoms with Gasteiger partial charge in [-0.25, -0.2) is 0 Å². The maximum atomic E-state index is 3.60. The molecule has 0 spiro atoms. The summed E-state index contributed by atoms with van der Waals surface area (Å²) in [6.07, 6.45) is 7.23. The van der Waals surface area contributed by atoms with Crippen molar-refractivity contribution in [2.45, 2.75) is 66.7 Å². The SMILES string of the molecule is CCNCC1CCC(C(C)(C)C)CC1CCCSCC. The fourth-order valence-electron chi connectivity index (χ4n) is 3.66. The van der Waals surface area contributed by atoms with E-state index >= 15 is 0 Å². The van der Waals surface area contributed by atoms with E-state index in [4.69, 9.17) is 0 Å². The van der Waals surface area contributed by atoms with E-state index in [9.17, 15) is 0 Å². The lowest BCUT2D eigenvalue weighted by Gasteiger charge is -2.42. The molecule has 0 aromatic rings. The van der Waals surface area contributed by atoms with Crippen molar-refractivity contribution in [1.82, 2.24) is 5.32 Å². The maximum Gasteiger partial charge on any atom is -0.00180 e. The van der Waals surface area contributed by atoms with E-state index in [0.29, 0.717) is 5.41 Å². The highest BCUT2D eigenvalue weighted by Gasteiger charge is 2.35. The Morgan fingerprint density at radius 2 is 1.85 bits per heavy atom. The van der Waals surface area contributed by atoms with Crippen molar-refractivity contribution in [3.05, 3.63) is 0 Å². The molecule has 0 heterocycles. The van der Waals surface area contributed by atoms with Crippen LogP contribution in [0.2, 0.25) is 0 Å². The highest BCUT2D eigenvalue weighted by molar-refractivity contribution is 7.99. The Hall–Kier alpha value is 0.310. The van der Waals surface area contributed by atoms with E-state index in [0.717, 1.165) is 24.3 Å². The Labute approximate surface area is 132 Å². The van der Waals surface area contributed by atoms with Crippen LogP contribution >= 0.6 is 11.8 Å². The Balaban J connectivity index is 2.49. The van der Waals surface area contributed by atoms with E-state index < -0.39 is 0 Å². The fourth-order valence-corrected chi connectivity index (χ4v) is 4.32. The second kappa shape index (κ2) is 9.35. The van der Waals surface area contributed by atoms with E-state index in [1.807, 2.05) is 0 Å². The van der Waals surface area contributed by atoms with Crippen LogP contribution in [0.15, 0.2) is 0 Å². The van der Waals surface area contributed by atoms with Crippen molar-refractivity contribution in [2.24, 2.45) is 23.2 Å². The lowest BCUT2D eigenvalue weighted by molar-refractivity contribution is 0.0925. The first-order valence-electron chi connectivity index (χ1n) is 8.77. The van der Waals surface area contributed by atoms with Crippen molar-refractivity contribution < 1.29 is 0 Å². The standard InChI is InChI=1S/C18H37NS/c1-6-19-14-16-10-11-17(18(3,4)5)13-15(16)9-8-12-20-7-2/h15-17,19H,6-14H2,1-5H3. The fraction of sp³-hybridized carbons (Fsp3) is 1.00. The molecule has 1 saturated carbocycles. The normalized spacial score (nSPS) is 27.8. The van der Waals surface area contributed by atoms with Gasteiger partial charge in [0.25, 0.3) is 0 Å². The van der Waals surface area contributed by atoms with Gasteiger partial charge in [-0.3, -0.25) is 0 Å². The second-order valence-corrected chi connectivity index (χ2v) is 8.94. The van der Waals surface area contributed by atoms with E-state index in [2.05, 4.69) is 51.7 Å². The van der Waals surface area contributed by atoms with Crippen molar-refractivity contribution in [2.75, 3.05) is 24.6 Å². The minimum atomic E-state index is 0.500. The van der Waals surface area contributed by atoms with Crippen LogP contribution < -0.4 is 5.32 Å². The van der Waals surface area contributed by atoms with Gasteiger partial charge in [-0.05, 0) is 79.9 Å². The third-order valence-electron chi connectivity index (χ3n) is 5.09. The van der Waals surface area contributed by atoms with Crippen molar-refractivity contribution >= 4 is 11.8 Å². The molecule has 1 fully saturated rings. The number of thioether (sulfide) groups is 1. The molecule has 1 N–H and O–H groups in total. The summed E-state index contributed by atoms with van der Waals surface area (Å²) >= 11 is 2.11. The molecule has 20 heavy (non-hydrogen) atoms. The molecular formula is C18H37NS. The van der Waals surface area contributed by atoms with Gasteiger partial charge in [0.1, 0.15) is 0 Å². The first-order valence-corrected chi connectivity index (χ1v) is 9.92. The molecule has 0 aliphatic heterocycles. The van der Waals surface area contributed by atoms with Crippen LogP contribution in [-0.2, 0) is 0 Å². The van der Waals surface area contributed by atoms with Crippen molar-refractivity contribution in [3.8, 4) is 0 Å². The zero-order valence-corrected chi connectivity index (χ0v) is 15.3. The molecule has 0 saturated heterocycles. The average molecular weight is 300 g/mol. The van der Waals surface area contributed by atoms with Gasteiger partial charge in [-0.15, -0.1) is 0 Å². The summed E-state index contributed by atoms with van der Waals surface area (Å²) in [5, 5.41) is 3.60. The predicted molar refractivity (Wildman–Crippen MR) is 94.6 cm³/mol. The molecule has 0 bridgehead atoms. The molecule has 0 amide bonds. The number of rotatable bonds is 8. The van der Waals surface area contributed by atoms with Gasteiger partial charge in [0.15, 0.2) is 0 Å². The van der Waals surface area contributed by atoms with Crippen LogP contribution in [0.3, 0.4) is 0 Å². The monoisotopic (exact) mass is 299 g/mol. The lowest BCUT2D eigenvalue weighted by atomic mass is 9.64. The van der Waals surface area contributed by atoms with E-state index in [1.165, 1.54) is 50.2 Å². The summed E-state index contributed by atoms with van der Waals surface area (Å²) in [5.41, 5.74) is 0.500. The molecule has 1 nitrogen and oxygen atoms in total. The smallest absolute Gasteiger partial charge is 0.00180 e. The van der Waals surface area contributed by atoms with Gasteiger partial charge in [-0.2, -0.15) is 11.8 Å². The molecule has 1 aliphatic rings. The maximum absolute atomic E-state index is 3.60. The topological polar surface area (TPSA) is 12.0 Å². The summed E-state index contributed by atoms with van der Waals surface area (Å²) < 4.78 is 0. The molecule has 0 aromatic carbocycles. The molecule has 3 unspecified atom stereocenters. The Kier molecular flexibility index (Phi) is 8.59. The lowest BCUT2D eigenvalue weighted by Crippen LogP contribution is -2.36. The largest absolute Gasteiger partial charge is 0.317 e. The Morgan fingerprint density at radius 1 is 1.10 bits per heavy atom. The van der Waals surface area contributed by atoms with Gasteiger partial charge in [-0.1, -0.05) is 34.6 Å². The highest BCUT2D eigenvalue weighted by atomic mass is 32.2. The van der Waals surface area contributed by atoms with Gasteiger partial charge >= 0.3 is 0 Å². The van der Waals surface area contributed by atoms with E-state index in [1.54, 1.807) is 0 Å². The third kappa shape index (κ3) is 6.39. The zero-order valence-electron chi connectivity index (χ0n) is 14.5. The average Bonchev–Trinajstić information content (AvgIpc) is 2.41. The van der Waals surface area contributed by atoms with Gasteiger partial charge in [0.05, 0.1) is 0 Å². The summed E-state index contributed by atoms with van der Waals surface area (Å²) in [6, 6.07) is 0. The summed E-state index contributed by atoms with van der Waals surface area (Å²) in [4.78, 5) is 0. The molecule has 120 valence electrons. The minimum Gasteiger partial charge on any atom is -0.317 e. The molecule has 1 aliphatic carbocycles.